The van der Waals surface area contributed by atoms with Crippen molar-refractivity contribution in [3.63, 3.8) is 0 Å². The molecule has 0 bridgehead atoms. The molecule has 2 unspecified atom stereocenters. The van der Waals surface area contributed by atoms with Crippen LogP contribution in [0.2, 0.25) is 0 Å². The summed E-state index contributed by atoms with van der Waals surface area (Å²) in [5, 5.41) is 12.5. The van der Waals surface area contributed by atoms with Gasteiger partial charge in [-0.15, -0.1) is 0 Å². The summed E-state index contributed by atoms with van der Waals surface area (Å²) in [5.41, 5.74) is 0. The smallest absolute Gasteiger partial charge is 0.239 e. The molecule has 108 valence electrons. The molecule has 0 radical (unpaired) electrons. The Morgan fingerprint density at radius 2 is 1.74 bits per heavy atom. The normalized spacial score (nSPS) is 28.0. The SMILES string of the molecule is CC(C)C(=O)N1CCN(C(=O)C2CC(O)CN2)CC1. The van der Waals surface area contributed by atoms with Gasteiger partial charge in [0.1, 0.15) is 0 Å². The number of amides is 2. The third-order valence-electron chi connectivity index (χ3n) is 3.80. The van der Waals surface area contributed by atoms with E-state index in [0.717, 1.165) is 0 Å². The largest absolute Gasteiger partial charge is 0.392 e. The fourth-order valence-electron chi connectivity index (χ4n) is 2.64. The third kappa shape index (κ3) is 3.25. The summed E-state index contributed by atoms with van der Waals surface area (Å²) >= 11 is 0. The summed E-state index contributed by atoms with van der Waals surface area (Å²) in [6, 6.07) is -0.262. The molecule has 2 heterocycles. The maximum atomic E-state index is 12.2. The summed E-state index contributed by atoms with van der Waals surface area (Å²) in [6.45, 7) is 6.67. The van der Waals surface area contributed by atoms with Crippen molar-refractivity contribution in [2.75, 3.05) is 32.7 Å². The van der Waals surface area contributed by atoms with Crippen LogP contribution in [0.25, 0.3) is 0 Å². The fraction of sp³-hybridized carbons (Fsp3) is 0.846. The van der Waals surface area contributed by atoms with E-state index in [-0.39, 0.29) is 23.8 Å². The second kappa shape index (κ2) is 5.88. The maximum absolute atomic E-state index is 12.2. The van der Waals surface area contributed by atoms with Crippen LogP contribution >= 0.6 is 0 Å². The quantitative estimate of drug-likeness (QED) is 0.677. The number of rotatable bonds is 2. The highest BCUT2D eigenvalue weighted by Gasteiger charge is 2.33. The molecule has 6 heteroatoms. The van der Waals surface area contributed by atoms with Crippen molar-refractivity contribution in [1.29, 1.82) is 0 Å². The molecule has 0 spiro atoms. The monoisotopic (exact) mass is 269 g/mol. The van der Waals surface area contributed by atoms with Gasteiger partial charge in [-0.05, 0) is 6.42 Å². The summed E-state index contributed by atoms with van der Waals surface area (Å²) in [7, 11) is 0. The van der Waals surface area contributed by atoms with Crippen LogP contribution in [0.4, 0.5) is 0 Å². The molecular weight excluding hydrogens is 246 g/mol. The van der Waals surface area contributed by atoms with Crippen LogP contribution in [-0.2, 0) is 9.59 Å². The van der Waals surface area contributed by atoms with E-state index in [9.17, 15) is 14.7 Å². The predicted octanol–water partition coefficient (Wildman–Crippen LogP) is -0.964. The van der Waals surface area contributed by atoms with E-state index in [2.05, 4.69) is 5.32 Å². The van der Waals surface area contributed by atoms with Crippen LogP contribution in [0.15, 0.2) is 0 Å². The lowest BCUT2D eigenvalue weighted by Gasteiger charge is -2.36. The maximum Gasteiger partial charge on any atom is 0.239 e. The van der Waals surface area contributed by atoms with Crippen molar-refractivity contribution in [3.05, 3.63) is 0 Å². The topological polar surface area (TPSA) is 72.9 Å². The highest BCUT2D eigenvalue weighted by Crippen LogP contribution is 2.13. The van der Waals surface area contributed by atoms with E-state index in [1.807, 2.05) is 18.7 Å². The molecule has 0 saturated carbocycles. The number of carbonyl (C=O) groups excluding carboxylic acids is 2. The van der Waals surface area contributed by atoms with E-state index in [4.69, 9.17) is 0 Å². The average Bonchev–Trinajstić information content (AvgIpc) is 2.84. The Morgan fingerprint density at radius 1 is 1.16 bits per heavy atom. The standard InChI is InChI=1S/C13H23N3O3/c1-9(2)12(18)15-3-5-16(6-4-15)13(19)11-7-10(17)8-14-11/h9-11,14,17H,3-8H2,1-2H3. The minimum Gasteiger partial charge on any atom is -0.392 e. The number of hydrogen-bond acceptors (Lipinski definition) is 4. The fourth-order valence-corrected chi connectivity index (χ4v) is 2.64. The van der Waals surface area contributed by atoms with Crippen molar-refractivity contribution in [2.24, 2.45) is 5.92 Å². The predicted molar refractivity (Wildman–Crippen MR) is 70.4 cm³/mol. The molecule has 0 aromatic rings. The Bertz CT molecular complexity index is 351. The molecule has 6 nitrogen and oxygen atoms in total. The minimum atomic E-state index is -0.419. The average molecular weight is 269 g/mol. The molecule has 2 aliphatic rings. The van der Waals surface area contributed by atoms with E-state index < -0.39 is 6.10 Å². The molecule has 2 fully saturated rings. The van der Waals surface area contributed by atoms with Crippen molar-refractivity contribution in [1.82, 2.24) is 15.1 Å². The Hall–Kier alpha value is -1.14. The first-order valence-electron chi connectivity index (χ1n) is 6.98. The lowest BCUT2D eigenvalue weighted by Crippen LogP contribution is -2.54. The summed E-state index contributed by atoms with van der Waals surface area (Å²) in [4.78, 5) is 27.7. The first-order chi connectivity index (χ1) is 8.99. The highest BCUT2D eigenvalue weighted by molar-refractivity contribution is 5.83. The van der Waals surface area contributed by atoms with Gasteiger partial charge >= 0.3 is 0 Å². The van der Waals surface area contributed by atoms with Crippen LogP contribution in [0.1, 0.15) is 20.3 Å². The Kier molecular flexibility index (Phi) is 4.42. The third-order valence-corrected chi connectivity index (χ3v) is 3.80. The van der Waals surface area contributed by atoms with Gasteiger partial charge in [0.25, 0.3) is 0 Å². The Morgan fingerprint density at radius 3 is 2.21 bits per heavy atom. The summed E-state index contributed by atoms with van der Waals surface area (Å²) in [5.74, 6) is 0.212. The Labute approximate surface area is 113 Å². The number of piperazine rings is 1. The van der Waals surface area contributed by atoms with Gasteiger partial charge in [0.15, 0.2) is 0 Å². The molecule has 2 amide bonds. The van der Waals surface area contributed by atoms with E-state index in [1.54, 1.807) is 4.90 Å². The molecule has 0 aromatic heterocycles. The molecule has 0 aromatic carbocycles. The molecule has 2 N–H and O–H groups in total. The molecule has 2 atom stereocenters. The van der Waals surface area contributed by atoms with Gasteiger partial charge in [-0.25, -0.2) is 0 Å². The molecule has 2 saturated heterocycles. The van der Waals surface area contributed by atoms with Gasteiger partial charge in [0.2, 0.25) is 11.8 Å². The van der Waals surface area contributed by atoms with Gasteiger partial charge < -0.3 is 20.2 Å². The molecular formula is C13H23N3O3. The zero-order chi connectivity index (χ0) is 14.0. The second-order valence-corrected chi connectivity index (χ2v) is 5.66. The summed E-state index contributed by atoms with van der Waals surface area (Å²) in [6.07, 6.45) is 0.0713. The minimum absolute atomic E-state index is 0.00824. The van der Waals surface area contributed by atoms with Gasteiger partial charge in [-0.1, -0.05) is 13.8 Å². The molecule has 2 rings (SSSR count). The number of β-amino-alcohol motifs (C(OH)–C–C–N with tert-alkyl or cyclic N) is 1. The first-order valence-corrected chi connectivity index (χ1v) is 6.98. The van der Waals surface area contributed by atoms with Gasteiger partial charge in [0, 0.05) is 38.6 Å². The zero-order valence-electron chi connectivity index (χ0n) is 11.6. The number of nitrogens with zero attached hydrogens (tertiary/aromatic N) is 2. The molecule has 0 aliphatic carbocycles. The van der Waals surface area contributed by atoms with Gasteiger partial charge in [-0.2, -0.15) is 0 Å². The lowest BCUT2D eigenvalue weighted by atomic mass is 10.1. The number of aliphatic hydroxyl groups excluding tert-OH is 1. The van der Waals surface area contributed by atoms with Crippen LogP contribution in [0, 0.1) is 5.92 Å². The number of hydrogen-bond donors (Lipinski definition) is 2. The van der Waals surface area contributed by atoms with Gasteiger partial charge in [0.05, 0.1) is 12.1 Å². The number of nitrogens with one attached hydrogen (secondary N) is 1. The van der Waals surface area contributed by atoms with Crippen LogP contribution in [0.5, 0.6) is 0 Å². The van der Waals surface area contributed by atoms with Crippen molar-refractivity contribution in [3.8, 4) is 0 Å². The highest BCUT2D eigenvalue weighted by atomic mass is 16.3. The van der Waals surface area contributed by atoms with Crippen LogP contribution in [0.3, 0.4) is 0 Å². The Balaban J connectivity index is 1.83. The second-order valence-electron chi connectivity index (χ2n) is 5.66. The first kappa shape index (κ1) is 14.3. The van der Waals surface area contributed by atoms with E-state index >= 15 is 0 Å². The van der Waals surface area contributed by atoms with Crippen molar-refractivity contribution >= 4 is 11.8 Å². The number of carbonyl (C=O) groups is 2. The lowest BCUT2D eigenvalue weighted by molar-refractivity contribution is -0.142. The van der Waals surface area contributed by atoms with Gasteiger partial charge in [-0.3, -0.25) is 9.59 Å². The van der Waals surface area contributed by atoms with Crippen molar-refractivity contribution < 1.29 is 14.7 Å². The number of aliphatic hydroxyl groups is 1. The van der Waals surface area contributed by atoms with Crippen LogP contribution in [-0.4, -0.2) is 71.6 Å². The molecule has 19 heavy (non-hydrogen) atoms. The van der Waals surface area contributed by atoms with Crippen LogP contribution < -0.4 is 5.32 Å². The van der Waals surface area contributed by atoms with Crippen molar-refractivity contribution in [2.45, 2.75) is 32.4 Å². The van der Waals surface area contributed by atoms with E-state index in [1.165, 1.54) is 0 Å². The molecule has 2 aliphatic heterocycles. The summed E-state index contributed by atoms with van der Waals surface area (Å²) < 4.78 is 0. The van der Waals surface area contributed by atoms with E-state index in [0.29, 0.717) is 39.1 Å². The zero-order valence-corrected chi connectivity index (χ0v) is 11.6.